The van der Waals surface area contributed by atoms with Gasteiger partial charge in [0.2, 0.25) is 0 Å². The van der Waals surface area contributed by atoms with E-state index in [1.54, 1.807) is 6.20 Å². The van der Waals surface area contributed by atoms with Crippen molar-refractivity contribution >= 4 is 16.7 Å². The normalized spacial score (nSPS) is 10.4. The van der Waals surface area contributed by atoms with Gasteiger partial charge in [0.15, 0.2) is 0 Å². The van der Waals surface area contributed by atoms with Crippen molar-refractivity contribution in [3.05, 3.63) is 72.3 Å². The molecule has 3 aromatic rings. The third-order valence-electron chi connectivity index (χ3n) is 3.06. The van der Waals surface area contributed by atoms with Gasteiger partial charge in [0.25, 0.3) is 5.91 Å². The van der Waals surface area contributed by atoms with Crippen LogP contribution in [0.2, 0.25) is 0 Å². The van der Waals surface area contributed by atoms with Gasteiger partial charge in [-0.3, -0.25) is 9.78 Å². The van der Waals surface area contributed by atoms with Crippen LogP contribution in [0, 0.1) is 0 Å². The van der Waals surface area contributed by atoms with Crippen LogP contribution in [0.15, 0.2) is 61.1 Å². The van der Waals surface area contributed by atoms with E-state index < -0.39 is 0 Å². The Kier molecular flexibility index (Phi) is 3.37. The van der Waals surface area contributed by atoms with Gasteiger partial charge in [-0.05, 0) is 22.4 Å². The van der Waals surface area contributed by atoms with Crippen LogP contribution in [0.4, 0.5) is 0 Å². The second-order valence-corrected chi connectivity index (χ2v) is 4.45. The zero-order chi connectivity index (χ0) is 13.8. The van der Waals surface area contributed by atoms with E-state index in [9.17, 15) is 4.79 Å². The fourth-order valence-electron chi connectivity index (χ4n) is 2.04. The van der Waals surface area contributed by atoms with Crippen molar-refractivity contribution in [2.24, 2.45) is 0 Å². The lowest BCUT2D eigenvalue weighted by molar-refractivity contribution is 0.0945. The molecule has 2 aromatic carbocycles. The Labute approximate surface area is 116 Å². The Morgan fingerprint density at radius 1 is 1.05 bits per heavy atom. The Bertz CT molecular complexity index is 741. The number of hydrogen-bond donors (Lipinski definition) is 1. The topological polar surface area (TPSA) is 54.9 Å². The number of nitrogens with zero attached hydrogens (tertiary/aromatic N) is 2. The number of fused-ring (bicyclic) bond motifs is 1. The Balaban J connectivity index is 1.72. The molecule has 0 aliphatic heterocycles. The van der Waals surface area contributed by atoms with Gasteiger partial charge in [0, 0.05) is 18.9 Å². The first-order chi connectivity index (χ1) is 9.83. The fraction of sp³-hybridized carbons (Fsp3) is 0.0625. The molecular formula is C16H13N3O. The molecule has 1 N–H and O–H groups in total. The van der Waals surface area contributed by atoms with E-state index in [1.807, 2.05) is 18.2 Å². The number of hydrogen-bond acceptors (Lipinski definition) is 3. The van der Waals surface area contributed by atoms with Crippen LogP contribution in [0.5, 0.6) is 0 Å². The summed E-state index contributed by atoms with van der Waals surface area (Å²) in [4.78, 5) is 19.7. The molecule has 0 saturated heterocycles. The molecule has 0 unspecified atom stereocenters. The summed E-state index contributed by atoms with van der Waals surface area (Å²) in [6, 6.07) is 14.3. The molecule has 4 nitrogen and oxygen atoms in total. The van der Waals surface area contributed by atoms with E-state index in [-0.39, 0.29) is 5.91 Å². The van der Waals surface area contributed by atoms with Crippen LogP contribution in [0.25, 0.3) is 10.8 Å². The minimum Gasteiger partial charge on any atom is -0.347 e. The zero-order valence-electron chi connectivity index (χ0n) is 10.8. The van der Waals surface area contributed by atoms with Crippen molar-refractivity contribution in [2.75, 3.05) is 0 Å². The molecular weight excluding hydrogens is 250 g/mol. The molecule has 3 rings (SSSR count). The van der Waals surface area contributed by atoms with Gasteiger partial charge >= 0.3 is 0 Å². The zero-order valence-corrected chi connectivity index (χ0v) is 10.8. The predicted octanol–water partition coefficient (Wildman–Crippen LogP) is 2.56. The van der Waals surface area contributed by atoms with E-state index in [4.69, 9.17) is 0 Å². The van der Waals surface area contributed by atoms with Crippen molar-refractivity contribution in [1.82, 2.24) is 15.3 Å². The first kappa shape index (κ1) is 12.3. The summed E-state index contributed by atoms with van der Waals surface area (Å²) >= 11 is 0. The van der Waals surface area contributed by atoms with Crippen molar-refractivity contribution in [1.29, 1.82) is 0 Å². The molecule has 0 aliphatic rings. The van der Waals surface area contributed by atoms with E-state index >= 15 is 0 Å². The second kappa shape index (κ2) is 5.48. The van der Waals surface area contributed by atoms with E-state index in [2.05, 4.69) is 39.6 Å². The Morgan fingerprint density at radius 3 is 2.70 bits per heavy atom. The highest BCUT2D eigenvalue weighted by molar-refractivity contribution is 5.92. The number of aromatic nitrogens is 2. The van der Waals surface area contributed by atoms with Gasteiger partial charge < -0.3 is 5.32 Å². The van der Waals surface area contributed by atoms with Gasteiger partial charge in [-0.15, -0.1) is 0 Å². The van der Waals surface area contributed by atoms with Gasteiger partial charge in [0.05, 0.1) is 6.20 Å². The van der Waals surface area contributed by atoms with E-state index in [0.29, 0.717) is 12.2 Å². The molecule has 0 atom stereocenters. The van der Waals surface area contributed by atoms with Crippen LogP contribution in [0.1, 0.15) is 16.1 Å². The number of benzene rings is 2. The SMILES string of the molecule is O=C(NCc1ccc2ccccc2c1)c1cnccn1. The molecule has 1 amide bonds. The van der Waals surface area contributed by atoms with Gasteiger partial charge in [0.1, 0.15) is 5.69 Å². The van der Waals surface area contributed by atoms with E-state index in [1.165, 1.54) is 23.2 Å². The maximum atomic E-state index is 11.9. The molecule has 0 radical (unpaired) electrons. The average molecular weight is 263 g/mol. The lowest BCUT2D eigenvalue weighted by atomic mass is 10.1. The van der Waals surface area contributed by atoms with Gasteiger partial charge in [-0.1, -0.05) is 36.4 Å². The fourth-order valence-corrected chi connectivity index (χ4v) is 2.04. The molecule has 20 heavy (non-hydrogen) atoms. The number of rotatable bonds is 3. The minimum atomic E-state index is -0.216. The maximum Gasteiger partial charge on any atom is 0.271 e. The monoisotopic (exact) mass is 263 g/mol. The van der Waals surface area contributed by atoms with Crippen molar-refractivity contribution < 1.29 is 4.79 Å². The molecule has 0 aliphatic carbocycles. The van der Waals surface area contributed by atoms with Crippen LogP contribution in [-0.4, -0.2) is 15.9 Å². The molecule has 0 spiro atoms. The summed E-state index contributed by atoms with van der Waals surface area (Å²) < 4.78 is 0. The average Bonchev–Trinajstić information content (AvgIpc) is 2.53. The quantitative estimate of drug-likeness (QED) is 0.790. The minimum absolute atomic E-state index is 0.216. The maximum absolute atomic E-state index is 11.9. The number of nitrogens with one attached hydrogen (secondary N) is 1. The summed E-state index contributed by atoms with van der Waals surface area (Å²) in [6.07, 6.45) is 4.50. The highest BCUT2D eigenvalue weighted by Gasteiger charge is 2.06. The van der Waals surface area contributed by atoms with Gasteiger partial charge in [-0.2, -0.15) is 0 Å². The first-order valence-corrected chi connectivity index (χ1v) is 6.35. The summed E-state index contributed by atoms with van der Waals surface area (Å²) in [5, 5.41) is 5.20. The third kappa shape index (κ3) is 2.64. The first-order valence-electron chi connectivity index (χ1n) is 6.35. The van der Waals surface area contributed by atoms with Crippen molar-refractivity contribution in [3.63, 3.8) is 0 Å². The number of carbonyl (C=O) groups is 1. The van der Waals surface area contributed by atoms with Crippen LogP contribution in [-0.2, 0) is 6.54 Å². The van der Waals surface area contributed by atoms with Crippen LogP contribution < -0.4 is 5.32 Å². The number of amides is 1. The third-order valence-corrected chi connectivity index (χ3v) is 3.06. The molecule has 1 aromatic heterocycles. The Morgan fingerprint density at radius 2 is 1.90 bits per heavy atom. The van der Waals surface area contributed by atoms with Crippen LogP contribution in [0.3, 0.4) is 0 Å². The van der Waals surface area contributed by atoms with Crippen molar-refractivity contribution in [2.45, 2.75) is 6.54 Å². The molecule has 0 fully saturated rings. The smallest absolute Gasteiger partial charge is 0.271 e. The molecule has 1 heterocycles. The molecule has 4 heteroatoms. The van der Waals surface area contributed by atoms with E-state index in [0.717, 1.165) is 5.56 Å². The summed E-state index contributed by atoms with van der Waals surface area (Å²) in [6.45, 7) is 0.472. The summed E-state index contributed by atoms with van der Waals surface area (Å²) in [7, 11) is 0. The Hall–Kier alpha value is -2.75. The largest absolute Gasteiger partial charge is 0.347 e. The standard InChI is InChI=1S/C16H13N3O/c20-16(15-11-17-7-8-18-15)19-10-12-5-6-13-3-1-2-4-14(13)9-12/h1-9,11H,10H2,(H,19,20). The van der Waals surface area contributed by atoms with Crippen molar-refractivity contribution in [3.8, 4) is 0 Å². The lowest BCUT2D eigenvalue weighted by Crippen LogP contribution is -2.23. The van der Waals surface area contributed by atoms with Gasteiger partial charge in [-0.25, -0.2) is 4.98 Å². The summed E-state index contributed by atoms with van der Waals surface area (Å²) in [5.74, 6) is -0.216. The predicted molar refractivity (Wildman–Crippen MR) is 77.2 cm³/mol. The molecule has 0 bridgehead atoms. The highest BCUT2D eigenvalue weighted by Crippen LogP contribution is 2.15. The molecule has 98 valence electrons. The lowest BCUT2D eigenvalue weighted by Gasteiger charge is -2.06. The number of carbonyl (C=O) groups excluding carboxylic acids is 1. The summed E-state index contributed by atoms with van der Waals surface area (Å²) in [5.41, 5.74) is 1.38. The highest BCUT2D eigenvalue weighted by atomic mass is 16.1. The van der Waals surface area contributed by atoms with Crippen LogP contribution >= 0.6 is 0 Å². The molecule has 0 saturated carbocycles. The second-order valence-electron chi connectivity index (χ2n) is 4.45.